The third kappa shape index (κ3) is 7.37. The van der Waals surface area contributed by atoms with E-state index in [0.717, 1.165) is 52.8 Å². The number of aryl methyl sites for hydroxylation is 2. The van der Waals surface area contributed by atoms with Crippen molar-refractivity contribution in [3.63, 3.8) is 0 Å². The van der Waals surface area contributed by atoms with Gasteiger partial charge in [0.15, 0.2) is 0 Å². The Hall–Kier alpha value is -3.95. The van der Waals surface area contributed by atoms with Gasteiger partial charge in [0.25, 0.3) is 5.95 Å². The minimum absolute atomic E-state index is 0.103. The van der Waals surface area contributed by atoms with E-state index in [4.69, 9.17) is 4.74 Å². The van der Waals surface area contributed by atoms with E-state index in [1.54, 1.807) is 0 Å². The van der Waals surface area contributed by atoms with E-state index in [0.29, 0.717) is 12.2 Å². The van der Waals surface area contributed by atoms with E-state index in [9.17, 15) is 18.0 Å². The quantitative estimate of drug-likeness (QED) is 0.307. The Morgan fingerprint density at radius 3 is 2.33 bits per heavy atom. The zero-order valence-corrected chi connectivity index (χ0v) is 23.3. The highest BCUT2D eigenvalue weighted by Gasteiger charge is 2.30. The molecule has 0 saturated heterocycles. The van der Waals surface area contributed by atoms with E-state index in [1.165, 1.54) is 12.1 Å². The van der Waals surface area contributed by atoms with Crippen LogP contribution in [-0.2, 0) is 11.0 Å². The first-order valence-corrected chi connectivity index (χ1v) is 13.2. The van der Waals surface area contributed by atoms with Gasteiger partial charge in [0.05, 0.1) is 11.5 Å². The first kappa shape index (κ1) is 29.0. The van der Waals surface area contributed by atoms with Crippen molar-refractivity contribution in [1.82, 2.24) is 20.6 Å². The summed E-state index contributed by atoms with van der Waals surface area (Å²) < 4.78 is 45.6. The first-order chi connectivity index (χ1) is 18.8. The molecule has 2 aromatic carbocycles. The zero-order chi connectivity index (χ0) is 29.1. The number of alkyl halides is 3. The first-order valence-electron chi connectivity index (χ1n) is 13.2. The van der Waals surface area contributed by atoms with Gasteiger partial charge in [0.1, 0.15) is 11.9 Å². The van der Waals surface area contributed by atoms with E-state index in [2.05, 4.69) is 46.7 Å². The van der Waals surface area contributed by atoms with Gasteiger partial charge in [-0.1, -0.05) is 56.2 Å². The molecule has 1 aliphatic rings. The van der Waals surface area contributed by atoms with Crippen molar-refractivity contribution in [3.05, 3.63) is 76.9 Å². The number of H-pyrrole nitrogens is 1. The largest absolute Gasteiger partial charge is 0.486 e. The summed E-state index contributed by atoms with van der Waals surface area (Å²) in [4.78, 5) is 12.6. The molecule has 0 fully saturated rings. The van der Waals surface area contributed by atoms with Gasteiger partial charge in [0, 0.05) is 0 Å². The number of aromatic amines is 1. The monoisotopic (exact) mass is 553 g/mol. The molecule has 1 amide bonds. The van der Waals surface area contributed by atoms with Gasteiger partial charge in [-0.2, -0.15) is 18.4 Å². The molecule has 1 aromatic heterocycles. The molecule has 212 valence electrons. The molecule has 1 heterocycles. The van der Waals surface area contributed by atoms with Crippen molar-refractivity contribution >= 4 is 11.9 Å². The van der Waals surface area contributed by atoms with Crippen LogP contribution in [0.5, 0.6) is 5.75 Å². The summed E-state index contributed by atoms with van der Waals surface area (Å²) in [5.74, 6) is 0.240. The van der Waals surface area contributed by atoms with Crippen LogP contribution in [0.4, 0.5) is 19.1 Å². The van der Waals surface area contributed by atoms with Gasteiger partial charge in [-0.25, -0.2) is 0 Å². The Morgan fingerprint density at radius 2 is 1.80 bits per heavy atom. The normalized spacial score (nSPS) is 16.4. The highest BCUT2D eigenvalue weighted by molar-refractivity contribution is 5.92. The molecule has 2 unspecified atom stereocenters. The van der Waals surface area contributed by atoms with Gasteiger partial charge < -0.3 is 4.74 Å². The zero-order valence-electron chi connectivity index (χ0n) is 23.3. The summed E-state index contributed by atoms with van der Waals surface area (Å²) in [5, 5.41) is 15.9. The van der Waals surface area contributed by atoms with Crippen LogP contribution >= 0.6 is 0 Å². The lowest BCUT2D eigenvalue weighted by atomic mass is 9.86. The number of tetrazole rings is 1. The van der Waals surface area contributed by atoms with Crippen LogP contribution in [0.25, 0.3) is 11.1 Å². The van der Waals surface area contributed by atoms with Crippen LogP contribution in [0.2, 0.25) is 0 Å². The standard InChI is InChI=1S/C30H34F3N5O2/c1-18-16-24(17-19(2)26(18)21-10-12-23(13-11-21)30(31,32)33)40-25(14-15-29(3,4)5)20-6-8-22(9-7-20)27(39)34-28-35-37-38-36-28/h6-8,10-13,16-17,22,25H,9,14-15H2,1-5H3,(H2,34,35,36,37,38,39). The molecule has 10 heteroatoms. The number of allylic oxidation sites excluding steroid dienone is 1. The average molecular weight is 554 g/mol. The lowest BCUT2D eigenvalue weighted by Crippen LogP contribution is -2.26. The number of hydrogen-bond donors (Lipinski definition) is 2. The maximum atomic E-state index is 13.0. The Bertz CT molecular complexity index is 1370. The van der Waals surface area contributed by atoms with Crippen LogP contribution in [0, 0.1) is 25.2 Å². The Labute approximate surface area is 231 Å². The molecule has 0 radical (unpaired) electrons. The third-order valence-electron chi connectivity index (χ3n) is 6.86. The molecule has 2 atom stereocenters. The van der Waals surface area contributed by atoms with Crippen molar-refractivity contribution < 1.29 is 22.7 Å². The second-order valence-corrected chi connectivity index (χ2v) is 11.3. The number of carbonyl (C=O) groups is 1. The van der Waals surface area contributed by atoms with Gasteiger partial charge in [-0.15, -0.1) is 5.10 Å². The fraction of sp³-hybridized carbons (Fsp3) is 0.400. The summed E-state index contributed by atoms with van der Waals surface area (Å²) in [6.07, 6.45) is 3.44. The summed E-state index contributed by atoms with van der Waals surface area (Å²) in [6.45, 7) is 10.4. The molecule has 0 aliphatic heterocycles. The molecule has 1 aliphatic carbocycles. The molecule has 0 saturated carbocycles. The highest BCUT2D eigenvalue weighted by Crippen LogP contribution is 2.36. The Balaban J connectivity index is 1.52. The van der Waals surface area contributed by atoms with Gasteiger partial charge in [-0.3, -0.25) is 10.1 Å². The van der Waals surface area contributed by atoms with Gasteiger partial charge >= 0.3 is 6.18 Å². The molecule has 0 bridgehead atoms. The number of anilines is 1. The molecular formula is C30H34F3N5O2. The van der Waals surface area contributed by atoms with Crippen molar-refractivity contribution in [2.45, 2.75) is 66.2 Å². The van der Waals surface area contributed by atoms with E-state index in [-0.39, 0.29) is 29.3 Å². The van der Waals surface area contributed by atoms with Crippen LogP contribution in [0.3, 0.4) is 0 Å². The molecule has 40 heavy (non-hydrogen) atoms. The molecule has 0 spiro atoms. The lowest BCUT2D eigenvalue weighted by Gasteiger charge is -2.27. The predicted octanol–water partition coefficient (Wildman–Crippen LogP) is 7.22. The van der Waals surface area contributed by atoms with Crippen LogP contribution in [0.15, 0.2) is 60.2 Å². The molecule has 7 nitrogen and oxygen atoms in total. The second kappa shape index (κ2) is 11.7. The smallest absolute Gasteiger partial charge is 0.416 e. The second-order valence-electron chi connectivity index (χ2n) is 11.3. The fourth-order valence-electron chi connectivity index (χ4n) is 4.78. The fourth-order valence-corrected chi connectivity index (χ4v) is 4.78. The molecule has 3 aromatic rings. The number of carbonyl (C=O) groups excluding carboxylic acids is 1. The van der Waals surface area contributed by atoms with Crippen molar-refractivity contribution in [2.24, 2.45) is 11.3 Å². The number of nitrogens with zero attached hydrogens (tertiary/aromatic N) is 3. The van der Waals surface area contributed by atoms with Crippen molar-refractivity contribution in [2.75, 3.05) is 5.32 Å². The Morgan fingerprint density at radius 1 is 1.12 bits per heavy atom. The van der Waals surface area contributed by atoms with Gasteiger partial charge in [-0.05, 0) is 95.8 Å². The van der Waals surface area contributed by atoms with Crippen LogP contribution in [0.1, 0.15) is 56.7 Å². The van der Waals surface area contributed by atoms with E-state index in [1.807, 2.05) is 44.2 Å². The summed E-state index contributed by atoms with van der Waals surface area (Å²) in [5.41, 5.74) is 3.87. The predicted molar refractivity (Wildman–Crippen MR) is 148 cm³/mol. The number of ether oxygens (including phenoxy) is 1. The number of halogens is 3. The van der Waals surface area contributed by atoms with E-state index < -0.39 is 11.7 Å². The number of rotatable bonds is 8. The number of hydrogen-bond acceptors (Lipinski definition) is 5. The minimum atomic E-state index is -4.37. The minimum Gasteiger partial charge on any atom is -0.486 e. The maximum Gasteiger partial charge on any atom is 0.416 e. The molecular weight excluding hydrogens is 519 g/mol. The van der Waals surface area contributed by atoms with Crippen LogP contribution in [-0.4, -0.2) is 32.6 Å². The average Bonchev–Trinajstić information content (AvgIpc) is 3.38. The number of amides is 1. The lowest BCUT2D eigenvalue weighted by molar-refractivity contribution is -0.137. The summed E-state index contributed by atoms with van der Waals surface area (Å²) in [6, 6.07) is 9.09. The topological polar surface area (TPSA) is 92.8 Å². The summed E-state index contributed by atoms with van der Waals surface area (Å²) in [7, 11) is 0. The Kier molecular flexibility index (Phi) is 8.46. The number of nitrogens with one attached hydrogen (secondary N) is 2. The van der Waals surface area contributed by atoms with Crippen molar-refractivity contribution in [3.8, 4) is 16.9 Å². The van der Waals surface area contributed by atoms with Crippen LogP contribution < -0.4 is 10.1 Å². The van der Waals surface area contributed by atoms with E-state index >= 15 is 0 Å². The highest BCUT2D eigenvalue weighted by atomic mass is 19.4. The SMILES string of the molecule is Cc1cc(OC(CCC(C)(C)C)C2=CCC(C(=O)Nc3nn[nH]n3)C=C2)cc(C)c1-c1ccc(C(F)(F)F)cc1. The molecule has 2 N–H and O–H groups in total. The van der Waals surface area contributed by atoms with Crippen molar-refractivity contribution in [1.29, 1.82) is 0 Å². The van der Waals surface area contributed by atoms with Gasteiger partial charge in [0.2, 0.25) is 5.91 Å². The number of benzene rings is 2. The maximum absolute atomic E-state index is 13.0. The summed E-state index contributed by atoms with van der Waals surface area (Å²) >= 11 is 0. The number of aromatic nitrogens is 4. The molecule has 4 rings (SSSR count). The third-order valence-corrected chi connectivity index (χ3v) is 6.86.